The Morgan fingerprint density at radius 2 is 2.06 bits per heavy atom. The predicted octanol–water partition coefficient (Wildman–Crippen LogP) is -0.201. The topological polar surface area (TPSA) is 92.3 Å². The third kappa shape index (κ3) is 2.29. The number of hydrogen-bond donors (Lipinski definition) is 2. The molecule has 2 fully saturated rings. The van der Waals surface area contributed by atoms with Crippen LogP contribution in [0.5, 0.6) is 0 Å². The third-order valence-electron chi connectivity index (χ3n) is 3.54. The van der Waals surface area contributed by atoms with Crippen molar-refractivity contribution in [1.29, 1.82) is 0 Å². The van der Waals surface area contributed by atoms with E-state index >= 15 is 0 Å². The summed E-state index contributed by atoms with van der Waals surface area (Å²) in [5.74, 6) is -0.755. The summed E-state index contributed by atoms with van der Waals surface area (Å²) in [4.78, 5) is 23.1. The molecule has 2 unspecified atom stereocenters. The zero-order valence-corrected chi connectivity index (χ0v) is 10.5. The van der Waals surface area contributed by atoms with Gasteiger partial charge in [-0.25, -0.2) is 13.2 Å². The second-order valence-electron chi connectivity index (χ2n) is 4.91. The first-order valence-corrected chi connectivity index (χ1v) is 7.71. The highest BCUT2D eigenvalue weighted by atomic mass is 32.2. The smallest absolute Gasteiger partial charge is 0.322 e. The Morgan fingerprint density at radius 3 is 2.59 bits per heavy atom. The molecule has 0 bridgehead atoms. The van der Waals surface area contributed by atoms with Gasteiger partial charge in [-0.1, -0.05) is 12.8 Å². The number of carbonyl (C=O) groups is 2. The molecule has 1 saturated carbocycles. The lowest BCUT2D eigenvalue weighted by Crippen LogP contribution is -2.56. The zero-order chi connectivity index (χ0) is 12.7. The number of sulfone groups is 1. The van der Waals surface area contributed by atoms with Gasteiger partial charge in [0.25, 0.3) is 5.91 Å². The molecule has 2 N–H and O–H groups in total. The molecule has 2 atom stereocenters. The van der Waals surface area contributed by atoms with E-state index in [9.17, 15) is 18.0 Å². The molecule has 2 rings (SSSR count). The van der Waals surface area contributed by atoms with Gasteiger partial charge in [0.2, 0.25) is 0 Å². The number of amides is 3. The van der Waals surface area contributed by atoms with Crippen LogP contribution in [0.25, 0.3) is 0 Å². The highest BCUT2D eigenvalue weighted by Crippen LogP contribution is 2.36. The quantitative estimate of drug-likeness (QED) is 0.672. The SMILES string of the molecule is CS(=O)(=O)CC1CCCCC12NC(=O)NC2=O. The Bertz CT molecular complexity index is 459. The lowest BCUT2D eigenvalue weighted by molar-refractivity contribution is -0.126. The molecule has 1 heterocycles. The van der Waals surface area contributed by atoms with Crippen LogP contribution in [0.3, 0.4) is 0 Å². The van der Waals surface area contributed by atoms with Crippen LogP contribution >= 0.6 is 0 Å². The van der Waals surface area contributed by atoms with Crippen molar-refractivity contribution in [1.82, 2.24) is 10.6 Å². The Balaban J connectivity index is 2.29. The predicted molar refractivity (Wildman–Crippen MR) is 61.1 cm³/mol. The number of carbonyl (C=O) groups excluding carboxylic acids is 2. The molecule has 2 aliphatic rings. The lowest BCUT2D eigenvalue weighted by atomic mass is 9.73. The Kier molecular flexibility index (Phi) is 2.89. The standard InChI is InChI=1S/C10H16N2O4S/c1-17(15,16)6-7-4-2-3-5-10(7)8(13)11-9(14)12-10/h7H,2-6H2,1H3,(H2,11,12,13,14). The van der Waals surface area contributed by atoms with Crippen molar-refractivity contribution in [3.63, 3.8) is 0 Å². The van der Waals surface area contributed by atoms with E-state index in [1.807, 2.05) is 0 Å². The van der Waals surface area contributed by atoms with Crippen molar-refractivity contribution in [2.75, 3.05) is 12.0 Å². The van der Waals surface area contributed by atoms with E-state index in [1.165, 1.54) is 0 Å². The summed E-state index contributed by atoms with van der Waals surface area (Å²) >= 11 is 0. The first-order valence-electron chi connectivity index (χ1n) is 5.65. The average Bonchev–Trinajstić information content (AvgIpc) is 2.45. The maximum absolute atomic E-state index is 11.9. The normalized spacial score (nSPS) is 33.6. The summed E-state index contributed by atoms with van der Waals surface area (Å²) in [6.45, 7) is 0. The van der Waals surface area contributed by atoms with E-state index in [4.69, 9.17) is 0 Å². The van der Waals surface area contributed by atoms with Gasteiger partial charge in [-0.3, -0.25) is 10.1 Å². The van der Waals surface area contributed by atoms with Gasteiger partial charge in [0.15, 0.2) is 0 Å². The van der Waals surface area contributed by atoms with Gasteiger partial charge in [-0.05, 0) is 12.8 Å². The van der Waals surface area contributed by atoms with Crippen molar-refractivity contribution in [2.45, 2.75) is 31.2 Å². The summed E-state index contributed by atoms with van der Waals surface area (Å²) in [5, 5.41) is 4.84. The van der Waals surface area contributed by atoms with Crippen molar-refractivity contribution >= 4 is 21.8 Å². The maximum atomic E-state index is 11.9. The fourth-order valence-corrected chi connectivity index (χ4v) is 3.99. The third-order valence-corrected chi connectivity index (χ3v) is 4.55. The van der Waals surface area contributed by atoms with Crippen LogP contribution in [0.1, 0.15) is 25.7 Å². The molecule has 3 amide bonds. The molecular formula is C10H16N2O4S. The molecule has 7 heteroatoms. The van der Waals surface area contributed by atoms with E-state index < -0.39 is 21.4 Å². The molecule has 0 aromatic heterocycles. The number of nitrogens with one attached hydrogen (secondary N) is 2. The van der Waals surface area contributed by atoms with Gasteiger partial charge in [0.1, 0.15) is 15.4 Å². The van der Waals surface area contributed by atoms with E-state index in [1.54, 1.807) is 0 Å². The largest absolute Gasteiger partial charge is 0.323 e. The van der Waals surface area contributed by atoms with Crippen molar-refractivity contribution in [3.8, 4) is 0 Å². The molecule has 1 aliphatic carbocycles. The average molecular weight is 260 g/mol. The number of imide groups is 1. The van der Waals surface area contributed by atoms with Crippen LogP contribution in [0, 0.1) is 5.92 Å². The van der Waals surface area contributed by atoms with Gasteiger partial charge in [0.05, 0.1) is 5.75 Å². The number of hydrogen-bond acceptors (Lipinski definition) is 4. The van der Waals surface area contributed by atoms with Crippen molar-refractivity contribution < 1.29 is 18.0 Å². The molecule has 1 spiro atoms. The second-order valence-corrected chi connectivity index (χ2v) is 7.10. The zero-order valence-electron chi connectivity index (χ0n) is 9.65. The molecular weight excluding hydrogens is 244 g/mol. The minimum absolute atomic E-state index is 0.0549. The van der Waals surface area contributed by atoms with Crippen LogP contribution in [0.15, 0.2) is 0 Å². The van der Waals surface area contributed by atoms with Crippen LogP contribution in [-0.2, 0) is 14.6 Å². The Morgan fingerprint density at radius 1 is 1.35 bits per heavy atom. The highest BCUT2D eigenvalue weighted by Gasteiger charge is 2.53. The molecule has 96 valence electrons. The first-order chi connectivity index (χ1) is 7.83. The number of rotatable bonds is 2. The lowest BCUT2D eigenvalue weighted by Gasteiger charge is -2.38. The summed E-state index contributed by atoms with van der Waals surface area (Å²) < 4.78 is 22.8. The first kappa shape index (κ1) is 12.3. The molecule has 0 aromatic carbocycles. The molecule has 17 heavy (non-hydrogen) atoms. The summed E-state index contributed by atoms with van der Waals surface area (Å²) in [5.41, 5.74) is -1.00. The monoisotopic (exact) mass is 260 g/mol. The molecule has 0 radical (unpaired) electrons. The van der Waals surface area contributed by atoms with E-state index in [0.717, 1.165) is 19.1 Å². The summed E-state index contributed by atoms with van der Waals surface area (Å²) in [6, 6.07) is -0.518. The van der Waals surface area contributed by atoms with Crippen molar-refractivity contribution in [3.05, 3.63) is 0 Å². The van der Waals surface area contributed by atoms with Crippen LogP contribution in [0.2, 0.25) is 0 Å². The van der Waals surface area contributed by atoms with Crippen LogP contribution in [-0.4, -0.2) is 37.9 Å². The van der Waals surface area contributed by atoms with Gasteiger partial charge in [-0.15, -0.1) is 0 Å². The minimum atomic E-state index is -3.16. The van der Waals surface area contributed by atoms with E-state index in [0.29, 0.717) is 12.8 Å². The second kappa shape index (κ2) is 3.97. The van der Waals surface area contributed by atoms with E-state index in [-0.39, 0.29) is 17.6 Å². The Labute approximate surface area is 100 Å². The van der Waals surface area contributed by atoms with E-state index in [2.05, 4.69) is 10.6 Å². The number of urea groups is 1. The molecule has 0 aromatic rings. The van der Waals surface area contributed by atoms with Gasteiger partial charge in [0, 0.05) is 12.2 Å². The van der Waals surface area contributed by atoms with Crippen molar-refractivity contribution in [2.24, 2.45) is 5.92 Å². The Hall–Kier alpha value is -1.11. The fraction of sp³-hybridized carbons (Fsp3) is 0.800. The van der Waals surface area contributed by atoms with Crippen LogP contribution in [0.4, 0.5) is 4.79 Å². The minimum Gasteiger partial charge on any atom is -0.323 e. The highest BCUT2D eigenvalue weighted by molar-refractivity contribution is 7.90. The van der Waals surface area contributed by atoms with Gasteiger partial charge < -0.3 is 5.32 Å². The van der Waals surface area contributed by atoms with Gasteiger partial charge >= 0.3 is 6.03 Å². The summed E-state index contributed by atoms with van der Waals surface area (Å²) in [6.07, 6.45) is 4.05. The maximum Gasteiger partial charge on any atom is 0.322 e. The molecule has 1 aliphatic heterocycles. The fourth-order valence-electron chi connectivity index (χ4n) is 2.80. The van der Waals surface area contributed by atoms with Crippen LogP contribution < -0.4 is 10.6 Å². The molecule has 1 saturated heterocycles. The summed E-state index contributed by atoms with van der Waals surface area (Å²) in [7, 11) is -3.16. The molecule has 6 nitrogen and oxygen atoms in total. The van der Waals surface area contributed by atoms with Gasteiger partial charge in [-0.2, -0.15) is 0 Å².